The topological polar surface area (TPSA) is 30.8 Å². The van der Waals surface area contributed by atoms with Crippen molar-refractivity contribution in [3.63, 3.8) is 0 Å². The van der Waals surface area contributed by atoms with Crippen LogP contribution in [0.4, 0.5) is 0 Å². The second-order valence-electron chi connectivity index (χ2n) is 2.34. The molecule has 4 heteroatoms. The van der Waals surface area contributed by atoms with Gasteiger partial charge < -0.3 is 9.47 Å². The lowest BCUT2D eigenvalue weighted by Gasteiger charge is -2.17. The number of hydrogen-bond acceptors (Lipinski definition) is 4. The van der Waals surface area contributed by atoms with E-state index in [0.717, 1.165) is 17.2 Å². The number of thioether (sulfide) groups is 1. The van der Waals surface area contributed by atoms with E-state index in [-0.39, 0.29) is 6.23 Å². The summed E-state index contributed by atoms with van der Waals surface area (Å²) >= 11 is 1.57. The third kappa shape index (κ3) is 2.01. The van der Waals surface area contributed by atoms with E-state index in [0.29, 0.717) is 0 Å². The van der Waals surface area contributed by atoms with Gasteiger partial charge in [0.1, 0.15) is 10.8 Å². The Bertz CT molecular complexity index is 213. The van der Waals surface area contributed by atoms with E-state index < -0.39 is 0 Å². The van der Waals surface area contributed by atoms with E-state index in [1.807, 2.05) is 12.3 Å². The summed E-state index contributed by atoms with van der Waals surface area (Å²) in [6.07, 6.45) is 4.74. The average Bonchev–Trinajstić information content (AvgIpc) is 2.16. The summed E-state index contributed by atoms with van der Waals surface area (Å²) in [4.78, 5) is 4.34. The van der Waals surface area contributed by atoms with Crippen LogP contribution in [0.15, 0.2) is 16.8 Å². The summed E-state index contributed by atoms with van der Waals surface area (Å²) < 4.78 is 10.3. The predicted octanol–water partition coefficient (Wildman–Crippen LogP) is 1.65. The maximum atomic E-state index is 5.14. The van der Waals surface area contributed by atoms with Crippen LogP contribution in [0.5, 0.6) is 0 Å². The highest BCUT2D eigenvalue weighted by molar-refractivity contribution is 8.13. The molecule has 1 rings (SSSR count). The van der Waals surface area contributed by atoms with Gasteiger partial charge in [-0.3, -0.25) is 0 Å². The number of ether oxygens (including phenoxy) is 2. The highest BCUT2D eigenvalue weighted by atomic mass is 32.2. The molecule has 0 aromatic carbocycles. The Hall–Kier alpha value is -0.480. The molecule has 3 nitrogen and oxygen atoms in total. The molecule has 0 amide bonds. The van der Waals surface area contributed by atoms with Gasteiger partial charge in [0.15, 0.2) is 6.23 Å². The molecule has 68 valence electrons. The Balaban J connectivity index is 2.71. The Kier molecular flexibility index (Phi) is 3.62. The van der Waals surface area contributed by atoms with Crippen molar-refractivity contribution < 1.29 is 9.47 Å². The first-order valence-corrected chi connectivity index (χ1v) is 4.93. The van der Waals surface area contributed by atoms with E-state index in [2.05, 4.69) is 4.99 Å². The zero-order chi connectivity index (χ0) is 8.97. The Morgan fingerprint density at radius 3 is 2.83 bits per heavy atom. The molecule has 0 saturated carbocycles. The quantitative estimate of drug-likeness (QED) is 0.658. The first-order chi connectivity index (χ1) is 5.81. The predicted molar refractivity (Wildman–Crippen MR) is 51.5 cm³/mol. The number of aliphatic imine (C=N–C) groups is 1. The van der Waals surface area contributed by atoms with Crippen LogP contribution in [0, 0.1) is 0 Å². The van der Waals surface area contributed by atoms with Gasteiger partial charge in [0.2, 0.25) is 0 Å². The molecule has 0 aliphatic carbocycles. The van der Waals surface area contributed by atoms with Gasteiger partial charge in [0.25, 0.3) is 0 Å². The van der Waals surface area contributed by atoms with E-state index in [4.69, 9.17) is 9.47 Å². The van der Waals surface area contributed by atoms with Crippen molar-refractivity contribution in [2.75, 3.05) is 20.5 Å². The molecular weight excluding hydrogens is 174 g/mol. The van der Waals surface area contributed by atoms with Crippen LogP contribution in [-0.2, 0) is 9.47 Å². The molecule has 0 saturated heterocycles. The first-order valence-electron chi connectivity index (χ1n) is 3.71. The lowest BCUT2D eigenvalue weighted by atomic mass is 10.3. The van der Waals surface area contributed by atoms with Gasteiger partial charge >= 0.3 is 0 Å². The van der Waals surface area contributed by atoms with Crippen molar-refractivity contribution in [2.24, 2.45) is 4.99 Å². The zero-order valence-corrected chi connectivity index (χ0v) is 8.35. The minimum absolute atomic E-state index is 0.0358. The Labute approximate surface area is 76.8 Å². The minimum atomic E-state index is -0.0358. The molecular formula is C8H13NO2S. The maximum Gasteiger partial charge on any atom is 0.152 e. The Morgan fingerprint density at radius 2 is 2.33 bits per heavy atom. The zero-order valence-electron chi connectivity index (χ0n) is 7.53. The third-order valence-corrected chi connectivity index (χ3v) is 2.36. The summed E-state index contributed by atoms with van der Waals surface area (Å²) in [5.41, 5.74) is 0. The fourth-order valence-corrected chi connectivity index (χ4v) is 1.61. The largest absolute Gasteiger partial charge is 0.494 e. The van der Waals surface area contributed by atoms with Gasteiger partial charge in [-0.1, -0.05) is 0 Å². The van der Waals surface area contributed by atoms with Gasteiger partial charge in [0, 0.05) is 13.5 Å². The van der Waals surface area contributed by atoms with Gasteiger partial charge in [-0.2, -0.15) is 0 Å². The number of hydrogen-bond donors (Lipinski definition) is 0. The van der Waals surface area contributed by atoms with Crippen molar-refractivity contribution in [1.29, 1.82) is 0 Å². The third-order valence-electron chi connectivity index (χ3n) is 1.66. The average molecular weight is 187 g/mol. The molecule has 1 aliphatic rings. The summed E-state index contributed by atoms with van der Waals surface area (Å²) in [6, 6.07) is 0. The van der Waals surface area contributed by atoms with E-state index in [9.17, 15) is 0 Å². The van der Waals surface area contributed by atoms with Crippen LogP contribution in [0.2, 0.25) is 0 Å². The summed E-state index contributed by atoms with van der Waals surface area (Å²) in [5, 5.41) is 0.913. The van der Waals surface area contributed by atoms with Crippen molar-refractivity contribution in [3.05, 3.63) is 11.8 Å². The van der Waals surface area contributed by atoms with Crippen molar-refractivity contribution >= 4 is 16.8 Å². The fraction of sp³-hybridized carbons (Fsp3) is 0.625. The fourth-order valence-electron chi connectivity index (χ4n) is 1.02. The first kappa shape index (κ1) is 9.61. The molecule has 0 fully saturated rings. The normalized spacial score (nSPS) is 23.1. The van der Waals surface area contributed by atoms with Crippen LogP contribution in [0.25, 0.3) is 0 Å². The molecule has 1 heterocycles. The van der Waals surface area contributed by atoms with Crippen molar-refractivity contribution in [3.8, 4) is 0 Å². The second-order valence-corrected chi connectivity index (χ2v) is 3.13. The standard InChI is InChI=1S/C8H13NO2S/c1-10-6-4-5-7(11-2)9-8(6)12-3/h4,7H,5H2,1-3H3. The summed E-state index contributed by atoms with van der Waals surface area (Å²) in [5.74, 6) is 0.857. The van der Waals surface area contributed by atoms with E-state index in [1.54, 1.807) is 26.0 Å². The van der Waals surface area contributed by atoms with E-state index in [1.165, 1.54) is 0 Å². The van der Waals surface area contributed by atoms with Gasteiger partial charge in [-0.05, 0) is 12.3 Å². The van der Waals surface area contributed by atoms with Crippen molar-refractivity contribution in [1.82, 2.24) is 0 Å². The van der Waals surface area contributed by atoms with Crippen molar-refractivity contribution in [2.45, 2.75) is 12.6 Å². The minimum Gasteiger partial charge on any atom is -0.494 e. The molecule has 0 spiro atoms. The van der Waals surface area contributed by atoms with Gasteiger partial charge in [-0.25, -0.2) is 4.99 Å². The SMILES string of the molecule is COC1=CCC(OC)N=C1SC. The highest BCUT2D eigenvalue weighted by Crippen LogP contribution is 2.19. The smallest absolute Gasteiger partial charge is 0.152 e. The molecule has 0 aromatic rings. The number of dihydropyridines is 1. The van der Waals surface area contributed by atoms with E-state index >= 15 is 0 Å². The monoisotopic (exact) mass is 187 g/mol. The lowest BCUT2D eigenvalue weighted by molar-refractivity contribution is 0.110. The number of rotatable bonds is 2. The van der Waals surface area contributed by atoms with Gasteiger partial charge in [-0.15, -0.1) is 11.8 Å². The second kappa shape index (κ2) is 4.52. The molecule has 0 aromatic heterocycles. The maximum absolute atomic E-state index is 5.14. The summed E-state index contributed by atoms with van der Waals surface area (Å²) in [6.45, 7) is 0. The number of nitrogens with zero attached hydrogens (tertiary/aromatic N) is 1. The molecule has 0 N–H and O–H groups in total. The molecule has 1 unspecified atom stereocenters. The summed E-state index contributed by atoms with van der Waals surface area (Å²) in [7, 11) is 3.32. The van der Waals surface area contributed by atoms with Crippen LogP contribution in [0.3, 0.4) is 0 Å². The van der Waals surface area contributed by atoms with Gasteiger partial charge in [0.05, 0.1) is 7.11 Å². The van der Waals surface area contributed by atoms with Crippen LogP contribution < -0.4 is 0 Å². The highest BCUT2D eigenvalue weighted by Gasteiger charge is 2.15. The molecule has 12 heavy (non-hydrogen) atoms. The molecule has 1 atom stereocenters. The molecule has 0 radical (unpaired) electrons. The van der Waals surface area contributed by atoms with Crippen LogP contribution in [0.1, 0.15) is 6.42 Å². The number of methoxy groups -OCH3 is 2. The Morgan fingerprint density at radius 1 is 1.58 bits per heavy atom. The van der Waals surface area contributed by atoms with Crippen LogP contribution >= 0.6 is 11.8 Å². The lowest BCUT2D eigenvalue weighted by Crippen LogP contribution is -2.16. The molecule has 0 bridgehead atoms. The van der Waals surface area contributed by atoms with Crippen LogP contribution in [-0.4, -0.2) is 31.7 Å². The molecule has 1 aliphatic heterocycles.